The van der Waals surface area contributed by atoms with Crippen molar-refractivity contribution in [3.05, 3.63) is 71.8 Å². The van der Waals surface area contributed by atoms with Crippen molar-refractivity contribution < 1.29 is 28.7 Å². The van der Waals surface area contributed by atoms with Crippen LogP contribution in [0.1, 0.15) is 63.5 Å². The van der Waals surface area contributed by atoms with E-state index in [9.17, 15) is 19.2 Å². The number of ether oxygens (including phenoxy) is 2. The number of carbonyl (C=O) groups excluding carboxylic acids is 4. The average molecular weight is 608 g/mol. The lowest BCUT2D eigenvalue weighted by Gasteiger charge is -2.26. The van der Waals surface area contributed by atoms with Crippen LogP contribution in [-0.2, 0) is 41.5 Å². The van der Waals surface area contributed by atoms with Crippen molar-refractivity contribution in [3.8, 4) is 0 Å². The van der Waals surface area contributed by atoms with Crippen LogP contribution in [0, 0.1) is 17.8 Å². The monoisotopic (exact) mass is 607 g/mol. The first-order chi connectivity index (χ1) is 21.2. The molecule has 5 N–H and O–H groups in total. The molecular formula is C35H49N3O6. The summed E-state index contributed by atoms with van der Waals surface area (Å²) in [6.07, 6.45) is 1.98. The minimum Gasteiger partial charge on any atom is -0.346 e. The molecule has 1 aliphatic heterocycles. The quantitative estimate of drug-likeness (QED) is 0.193. The number of hydrogen-bond acceptors (Lipinski definition) is 8. The summed E-state index contributed by atoms with van der Waals surface area (Å²) in [6.45, 7) is 5.12. The molecule has 1 amide bonds. The molecule has 1 fully saturated rings. The van der Waals surface area contributed by atoms with Gasteiger partial charge in [-0.1, -0.05) is 80.9 Å². The first kappa shape index (κ1) is 35.2. The van der Waals surface area contributed by atoms with Crippen LogP contribution in [0.2, 0.25) is 0 Å². The summed E-state index contributed by atoms with van der Waals surface area (Å²) in [6, 6.07) is 17.5. The summed E-state index contributed by atoms with van der Waals surface area (Å²) in [4.78, 5) is 54.0. The van der Waals surface area contributed by atoms with Crippen molar-refractivity contribution in [2.75, 3.05) is 19.8 Å². The minimum atomic E-state index is -0.967. The molecule has 2 aromatic rings. The van der Waals surface area contributed by atoms with Crippen LogP contribution in [0.5, 0.6) is 0 Å². The highest BCUT2D eigenvalue weighted by Crippen LogP contribution is 2.23. The second kappa shape index (κ2) is 18.5. The average Bonchev–Trinajstić information content (AvgIpc) is 3.55. The third kappa shape index (κ3) is 11.7. The van der Waals surface area contributed by atoms with Gasteiger partial charge in [-0.3, -0.25) is 19.2 Å². The maximum atomic E-state index is 13.8. The van der Waals surface area contributed by atoms with E-state index in [2.05, 4.69) is 5.32 Å². The van der Waals surface area contributed by atoms with E-state index in [0.29, 0.717) is 51.9 Å². The highest BCUT2D eigenvalue weighted by molar-refractivity contribution is 5.95. The minimum absolute atomic E-state index is 0.0332. The summed E-state index contributed by atoms with van der Waals surface area (Å²) in [5.41, 5.74) is 13.8. The molecule has 0 aliphatic carbocycles. The van der Waals surface area contributed by atoms with Gasteiger partial charge in [-0.25, -0.2) is 0 Å². The molecule has 3 rings (SSSR count). The molecule has 240 valence electrons. The third-order valence-corrected chi connectivity index (χ3v) is 7.98. The fourth-order valence-electron chi connectivity index (χ4n) is 5.54. The normalized spacial score (nSPS) is 16.3. The molecule has 1 aliphatic rings. The lowest BCUT2D eigenvalue weighted by Crippen LogP contribution is -2.47. The zero-order chi connectivity index (χ0) is 31.9. The van der Waals surface area contributed by atoms with E-state index >= 15 is 0 Å². The smallest absolute Gasteiger partial charge is 0.224 e. The van der Waals surface area contributed by atoms with E-state index < -0.39 is 30.2 Å². The third-order valence-electron chi connectivity index (χ3n) is 7.98. The molecule has 4 atom stereocenters. The van der Waals surface area contributed by atoms with Gasteiger partial charge in [0.15, 0.2) is 17.3 Å². The number of nitrogens with one attached hydrogen (secondary N) is 1. The zero-order valence-corrected chi connectivity index (χ0v) is 26.1. The van der Waals surface area contributed by atoms with E-state index in [-0.39, 0.29) is 42.0 Å². The fourth-order valence-corrected chi connectivity index (χ4v) is 5.54. The van der Waals surface area contributed by atoms with Crippen LogP contribution < -0.4 is 16.8 Å². The number of benzene rings is 2. The molecule has 2 aromatic carbocycles. The number of hydrogen-bond donors (Lipinski definition) is 3. The van der Waals surface area contributed by atoms with Gasteiger partial charge in [0.1, 0.15) is 0 Å². The summed E-state index contributed by atoms with van der Waals surface area (Å²) in [5, 5.41) is 2.97. The van der Waals surface area contributed by atoms with E-state index in [1.54, 1.807) is 0 Å². The van der Waals surface area contributed by atoms with Gasteiger partial charge < -0.3 is 26.3 Å². The topological polar surface area (TPSA) is 151 Å². The van der Waals surface area contributed by atoms with Crippen LogP contribution in [0.25, 0.3) is 0 Å². The van der Waals surface area contributed by atoms with Crippen molar-refractivity contribution in [2.45, 2.75) is 83.6 Å². The van der Waals surface area contributed by atoms with Gasteiger partial charge in [0.2, 0.25) is 12.2 Å². The maximum absolute atomic E-state index is 13.8. The molecule has 1 heterocycles. The molecule has 0 radical (unpaired) electrons. The van der Waals surface area contributed by atoms with Crippen LogP contribution in [-0.4, -0.2) is 61.4 Å². The summed E-state index contributed by atoms with van der Waals surface area (Å²) >= 11 is 0. The molecule has 0 spiro atoms. The number of amides is 1. The Morgan fingerprint density at radius 3 is 1.95 bits per heavy atom. The van der Waals surface area contributed by atoms with Gasteiger partial charge in [0, 0.05) is 24.7 Å². The molecule has 1 saturated heterocycles. The summed E-state index contributed by atoms with van der Waals surface area (Å²) < 4.78 is 10.9. The Hall–Kier alpha value is -3.24. The zero-order valence-electron chi connectivity index (χ0n) is 26.1. The Kier molecular flexibility index (Phi) is 14.9. The van der Waals surface area contributed by atoms with E-state index in [1.165, 1.54) is 0 Å². The van der Waals surface area contributed by atoms with Crippen molar-refractivity contribution in [1.82, 2.24) is 5.32 Å². The second-order valence-corrected chi connectivity index (χ2v) is 12.2. The number of unbranched alkanes of at least 4 members (excludes halogenated alkanes) is 1. The Bertz CT molecular complexity index is 1180. The number of ketones is 3. The molecule has 0 saturated carbocycles. The van der Waals surface area contributed by atoms with Gasteiger partial charge in [-0.15, -0.1) is 0 Å². The lowest BCUT2D eigenvalue weighted by atomic mass is 9.86. The Morgan fingerprint density at radius 1 is 0.818 bits per heavy atom. The van der Waals surface area contributed by atoms with Gasteiger partial charge in [0.05, 0.1) is 25.3 Å². The number of carbonyl (C=O) groups is 4. The molecule has 0 unspecified atom stereocenters. The molecule has 44 heavy (non-hydrogen) atoms. The first-order valence-corrected chi connectivity index (χ1v) is 15.8. The van der Waals surface area contributed by atoms with Crippen molar-refractivity contribution >= 4 is 23.3 Å². The fraction of sp³-hybridized carbons (Fsp3) is 0.543. The SMILES string of the molecule is CC(C)C[C@@H](NC(=O)[C@H](CC(=O)[C@H](N)Cc1ccccc1)Cc1ccccc1)C(=O)C[C@H](CCCCN)C(=O)C1OCCO1. The van der Waals surface area contributed by atoms with Crippen molar-refractivity contribution in [3.63, 3.8) is 0 Å². The predicted molar refractivity (Wildman–Crippen MR) is 169 cm³/mol. The first-order valence-electron chi connectivity index (χ1n) is 15.8. The summed E-state index contributed by atoms with van der Waals surface area (Å²) in [7, 11) is 0. The second-order valence-electron chi connectivity index (χ2n) is 12.2. The maximum Gasteiger partial charge on any atom is 0.224 e. The van der Waals surface area contributed by atoms with Crippen molar-refractivity contribution in [1.29, 1.82) is 0 Å². The van der Waals surface area contributed by atoms with Crippen LogP contribution in [0.3, 0.4) is 0 Å². The standard InChI is InChI=1S/C35H49N3O6/c1-24(2)19-30(32(40)22-27(15-9-10-16-36)33(41)35-43-17-18-44-35)38-34(42)28(20-25-11-5-3-6-12-25)23-31(39)29(37)21-26-13-7-4-8-14-26/h3-8,11-14,24,27-30,35H,9-10,15-23,36-37H2,1-2H3,(H,38,42)/t27-,28-,29+,30+/m0/s1. The number of nitrogens with two attached hydrogens (primary N) is 2. The van der Waals surface area contributed by atoms with Crippen LogP contribution in [0.15, 0.2) is 60.7 Å². The van der Waals surface area contributed by atoms with Crippen molar-refractivity contribution in [2.24, 2.45) is 29.2 Å². The Morgan fingerprint density at radius 2 is 1.39 bits per heavy atom. The Balaban J connectivity index is 1.75. The van der Waals surface area contributed by atoms with Crippen LogP contribution in [0.4, 0.5) is 0 Å². The lowest BCUT2D eigenvalue weighted by molar-refractivity contribution is -0.150. The summed E-state index contributed by atoms with van der Waals surface area (Å²) in [5.74, 6) is -2.26. The molecular weight excluding hydrogens is 558 g/mol. The van der Waals surface area contributed by atoms with Gasteiger partial charge >= 0.3 is 0 Å². The molecule has 9 nitrogen and oxygen atoms in total. The van der Waals surface area contributed by atoms with Gasteiger partial charge in [-0.2, -0.15) is 0 Å². The highest BCUT2D eigenvalue weighted by Gasteiger charge is 2.35. The van der Waals surface area contributed by atoms with E-state index in [1.807, 2.05) is 74.5 Å². The molecule has 9 heteroatoms. The van der Waals surface area contributed by atoms with Gasteiger partial charge in [0.25, 0.3) is 0 Å². The van der Waals surface area contributed by atoms with E-state index in [4.69, 9.17) is 20.9 Å². The number of rotatable bonds is 20. The largest absolute Gasteiger partial charge is 0.346 e. The molecule has 0 bridgehead atoms. The predicted octanol–water partition coefficient (Wildman–Crippen LogP) is 3.55. The molecule has 0 aromatic heterocycles. The number of Topliss-reactive ketones (excluding diaryl/α,β-unsaturated/α-hetero) is 3. The highest BCUT2D eigenvalue weighted by atomic mass is 16.7. The Labute approximate surface area is 261 Å². The van der Waals surface area contributed by atoms with Crippen LogP contribution >= 0.6 is 0 Å². The van der Waals surface area contributed by atoms with E-state index in [0.717, 1.165) is 17.5 Å². The van der Waals surface area contributed by atoms with Gasteiger partial charge in [-0.05, 0) is 55.7 Å².